The van der Waals surface area contributed by atoms with Crippen molar-refractivity contribution >= 4 is 31.2 Å². The quantitative estimate of drug-likeness (QED) is 0.573. The number of fused-ring (bicyclic) bond motifs is 1. The van der Waals surface area contributed by atoms with Crippen molar-refractivity contribution in [3.05, 3.63) is 24.3 Å². The molecule has 0 saturated carbocycles. The van der Waals surface area contributed by atoms with Crippen molar-refractivity contribution in [3.63, 3.8) is 0 Å². The summed E-state index contributed by atoms with van der Waals surface area (Å²) >= 11 is 0.639. The summed E-state index contributed by atoms with van der Waals surface area (Å²) in [5.74, 6) is 0. The molecule has 2 unspecified atom stereocenters. The summed E-state index contributed by atoms with van der Waals surface area (Å²) in [5, 5.41) is 4.25. The summed E-state index contributed by atoms with van der Waals surface area (Å²) in [4.78, 5) is 0. The fraction of sp³-hybridized carbons (Fsp3) is 0.455. The molecule has 1 aliphatic rings. The molecule has 2 atom stereocenters. The summed E-state index contributed by atoms with van der Waals surface area (Å²) in [5.41, 5.74) is 6.26. The van der Waals surface area contributed by atoms with Crippen molar-refractivity contribution in [3.8, 4) is 0 Å². The number of primary sulfonamides is 1. The molecule has 118 valence electrons. The summed E-state index contributed by atoms with van der Waals surface area (Å²) in [6.45, 7) is 3.71. The molecule has 2 rings (SSSR count). The Hall–Kier alpha value is -0.780. The van der Waals surface area contributed by atoms with Crippen LogP contribution in [-0.4, -0.2) is 35.3 Å². The summed E-state index contributed by atoms with van der Waals surface area (Å²) < 4.78 is 52.7. The van der Waals surface area contributed by atoms with E-state index in [-0.39, 0.29) is 28.1 Å². The average Bonchev–Trinajstić information content (AvgIpc) is 2.82. The van der Waals surface area contributed by atoms with E-state index in [1.165, 1.54) is 12.1 Å². The van der Waals surface area contributed by atoms with Crippen LogP contribution in [0.5, 0.6) is 0 Å². The monoisotopic (exact) mass is 352 g/mol. The molecule has 0 saturated heterocycles. The maximum atomic E-state index is 12.5. The van der Waals surface area contributed by atoms with Crippen molar-refractivity contribution in [2.24, 2.45) is 10.9 Å². The van der Waals surface area contributed by atoms with Gasteiger partial charge in [-0.1, -0.05) is 6.08 Å². The van der Waals surface area contributed by atoms with E-state index in [0.717, 1.165) is 0 Å². The maximum Gasteiger partial charge on any atom is 0.247 e. The van der Waals surface area contributed by atoms with E-state index in [4.69, 9.17) is 15.6 Å². The van der Waals surface area contributed by atoms with Gasteiger partial charge >= 0.3 is 0 Å². The topological polar surface area (TPSA) is 130 Å². The average molecular weight is 352 g/mol. The van der Waals surface area contributed by atoms with Crippen LogP contribution < -0.4 is 10.9 Å². The van der Waals surface area contributed by atoms with E-state index in [9.17, 15) is 16.8 Å². The third-order valence-electron chi connectivity index (χ3n) is 3.14. The number of hydrogen-bond acceptors (Lipinski definition) is 7. The SMILES string of the molecule is C=CCOCC1CC(N)c2cc(S(N)(=O)=O)sc2S1(=O)=O. The van der Waals surface area contributed by atoms with Gasteiger partial charge in [-0.15, -0.1) is 17.9 Å². The van der Waals surface area contributed by atoms with Gasteiger partial charge in [0.1, 0.15) is 8.42 Å². The van der Waals surface area contributed by atoms with Crippen LogP contribution >= 0.6 is 11.3 Å². The number of hydrogen-bond donors (Lipinski definition) is 2. The molecule has 4 N–H and O–H groups in total. The predicted molar refractivity (Wildman–Crippen MR) is 79.2 cm³/mol. The van der Waals surface area contributed by atoms with E-state index >= 15 is 0 Å². The highest BCUT2D eigenvalue weighted by molar-refractivity contribution is 7.95. The highest BCUT2D eigenvalue weighted by Crippen LogP contribution is 2.41. The Bertz CT molecular complexity index is 751. The maximum absolute atomic E-state index is 12.5. The van der Waals surface area contributed by atoms with E-state index in [2.05, 4.69) is 6.58 Å². The Kier molecular flexibility index (Phi) is 4.57. The number of nitrogens with two attached hydrogens (primary N) is 2. The van der Waals surface area contributed by atoms with Crippen LogP contribution in [0.1, 0.15) is 18.0 Å². The zero-order chi connectivity index (χ0) is 15.8. The Morgan fingerprint density at radius 1 is 1.52 bits per heavy atom. The molecular formula is C11H16N2O5S3. The first kappa shape index (κ1) is 16.6. The van der Waals surface area contributed by atoms with Gasteiger partial charge in [-0.25, -0.2) is 22.0 Å². The van der Waals surface area contributed by atoms with Crippen LogP contribution in [0.3, 0.4) is 0 Å². The second kappa shape index (κ2) is 5.78. The molecule has 0 aromatic carbocycles. The van der Waals surface area contributed by atoms with Gasteiger partial charge in [0.25, 0.3) is 0 Å². The first-order valence-corrected chi connectivity index (χ1v) is 9.93. The van der Waals surface area contributed by atoms with Crippen LogP contribution in [0.25, 0.3) is 0 Å². The highest BCUT2D eigenvalue weighted by atomic mass is 32.3. The van der Waals surface area contributed by atoms with Gasteiger partial charge in [0.2, 0.25) is 10.0 Å². The van der Waals surface area contributed by atoms with E-state index in [0.29, 0.717) is 16.9 Å². The van der Waals surface area contributed by atoms with E-state index in [1.807, 2.05) is 0 Å². The summed E-state index contributed by atoms with van der Waals surface area (Å²) in [6, 6.07) is 0.686. The molecule has 0 bridgehead atoms. The molecular weight excluding hydrogens is 336 g/mol. The van der Waals surface area contributed by atoms with Gasteiger partial charge in [-0.2, -0.15) is 0 Å². The third kappa shape index (κ3) is 3.20. The molecule has 0 spiro atoms. The van der Waals surface area contributed by atoms with Crippen molar-refractivity contribution in [2.75, 3.05) is 13.2 Å². The lowest BCUT2D eigenvalue weighted by atomic mass is 10.1. The first-order valence-electron chi connectivity index (χ1n) is 6.02. The van der Waals surface area contributed by atoms with Gasteiger partial charge in [0.05, 0.1) is 18.5 Å². The Morgan fingerprint density at radius 3 is 2.76 bits per heavy atom. The van der Waals surface area contributed by atoms with Gasteiger partial charge in [-0.3, -0.25) is 0 Å². The zero-order valence-corrected chi connectivity index (χ0v) is 13.5. The molecule has 0 aliphatic carbocycles. The van der Waals surface area contributed by atoms with Crippen LogP contribution in [0, 0.1) is 0 Å². The van der Waals surface area contributed by atoms with Gasteiger partial charge in [-0.05, 0) is 18.1 Å². The molecule has 10 heteroatoms. The Balaban J connectivity index is 2.42. The van der Waals surface area contributed by atoms with Crippen molar-refractivity contribution in [1.82, 2.24) is 0 Å². The fourth-order valence-electron chi connectivity index (χ4n) is 2.12. The molecule has 0 amide bonds. The number of thiophene rings is 1. The van der Waals surface area contributed by atoms with E-state index in [1.54, 1.807) is 0 Å². The minimum absolute atomic E-state index is 0.00982. The van der Waals surface area contributed by atoms with E-state index < -0.39 is 31.2 Å². The normalized spacial score (nSPS) is 24.5. The Labute approximate surface area is 127 Å². The number of ether oxygens (including phenoxy) is 1. The third-order valence-corrected chi connectivity index (χ3v) is 8.41. The molecule has 2 heterocycles. The molecule has 1 aliphatic heterocycles. The number of rotatable bonds is 5. The lowest BCUT2D eigenvalue weighted by molar-refractivity contribution is 0.157. The molecule has 21 heavy (non-hydrogen) atoms. The first-order chi connectivity index (χ1) is 9.67. The Morgan fingerprint density at radius 2 is 2.19 bits per heavy atom. The lowest BCUT2D eigenvalue weighted by Gasteiger charge is -2.26. The standard InChI is InChI=1S/C11H16N2O5S3/c1-2-3-18-6-7-4-9(12)8-5-10(21(13,16)17)19-11(8)20(7,14)15/h2,5,7,9H,1,3-4,6,12H2,(H2,13,16,17). The minimum Gasteiger partial charge on any atom is -0.376 e. The minimum atomic E-state index is -3.95. The fourth-order valence-corrected chi connectivity index (χ4v) is 6.70. The lowest BCUT2D eigenvalue weighted by Crippen LogP contribution is -2.35. The largest absolute Gasteiger partial charge is 0.376 e. The molecule has 7 nitrogen and oxygen atoms in total. The summed E-state index contributed by atoms with van der Waals surface area (Å²) in [7, 11) is -7.63. The van der Waals surface area contributed by atoms with Crippen LogP contribution in [0.4, 0.5) is 0 Å². The van der Waals surface area contributed by atoms with Crippen molar-refractivity contribution in [1.29, 1.82) is 0 Å². The van der Waals surface area contributed by atoms with Gasteiger partial charge in [0.15, 0.2) is 9.84 Å². The second-order valence-electron chi connectivity index (χ2n) is 4.69. The molecule has 1 aromatic rings. The highest BCUT2D eigenvalue weighted by Gasteiger charge is 2.40. The zero-order valence-electron chi connectivity index (χ0n) is 11.1. The predicted octanol–water partition coefficient (Wildman–Crippen LogP) is 0.144. The van der Waals surface area contributed by atoms with Crippen LogP contribution in [-0.2, 0) is 24.6 Å². The number of sulfonamides is 1. The molecule has 0 radical (unpaired) electrons. The van der Waals surface area contributed by atoms with Gasteiger partial charge in [0, 0.05) is 6.04 Å². The smallest absolute Gasteiger partial charge is 0.247 e. The summed E-state index contributed by atoms with van der Waals surface area (Å²) in [6.07, 6.45) is 1.69. The van der Waals surface area contributed by atoms with Crippen molar-refractivity contribution < 1.29 is 21.6 Å². The molecule has 0 fully saturated rings. The van der Waals surface area contributed by atoms with Crippen LogP contribution in [0.2, 0.25) is 0 Å². The second-order valence-corrected chi connectivity index (χ2v) is 9.95. The number of sulfone groups is 1. The van der Waals surface area contributed by atoms with Gasteiger partial charge < -0.3 is 10.5 Å². The van der Waals surface area contributed by atoms with Crippen LogP contribution in [0.15, 0.2) is 27.1 Å². The van der Waals surface area contributed by atoms with Crippen molar-refractivity contribution in [2.45, 2.75) is 26.1 Å². The molecule has 1 aromatic heterocycles.